The quantitative estimate of drug-likeness (QED) is 0.745. The summed E-state index contributed by atoms with van der Waals surface area (Å²) in [5, 5.41) is 0. The highest BCUT2D eigenvalue weighted by atomic mass is 16.1. The zero-order chi connectivity index (χ0) is 10.4. The minimum Gasteiger partial charge on any atom is -0.313 e. The Labute approximate surface area is 85.2 Å². The first kappa shape index (κ1) is 11.1. The number of aromatic amines is 1. The number of H-pyrrole nitrogens is 1. The van der Waals surface area contributed by atoms with Gasteiger partial charge in [-0.2, -0.15) is 0 Å². The van der Waals surface area contributed by atoms with E-state index in [0.29, 0.717) is 5.92 Å². The Balaban J connectivity index is 2.48. The van der Waals surface area contributed by atoms with Crippen LogP contribution in [-0.4, -0.2) is 9.55 Å². The fraction of sp³-hybridized carbons (Fsp3) is 0.727. The first-order chi connectivity index (χ1) is 6.77. The van der Waals surface area contributed by atoms with Crippen molar-refractivity contribution in [3.63, 3.8) is 0 Å². The third kappa shape index (κ3) is 3.05. The van der Waals surface area contributed by atoms with E-state index < -0.39 is 0 Å². The van der Waals surface area contributed by atoms with Crippen LogP contribution in [-0.2, 0) is 6.54 Å². The Morgan fingerprint density at radius 2 is 2.29 bits per heavy atom. The standard InChI is InChI=1S/C11H20N2O/c1-3-5-6-10(4-2)9-13-8-7-12-11(13)14/h7-8,10H,3-6,9H2,1-2H3,(H,12,14). The van der Waals surface area contributed by atoms with Crippen LogP contribution in [0.3, 0.4) is 0 Å². The number of rotatable bonds is 6. The smallest absolute Gasteiger partial charge is 0.313 e. The SMILES string of the molecule is CCCCC(CC)Cn1cc[nH]c1=O. The summed E-state index contributed by atoms with van der Waals surface area (Å²) in [6, 6.07) is 0. The van der Waals surface area contributed by atoms with Gasteiger partial charge in [0, 0.05) is 18.9 Å². The molecule has 1 N–H and O–H groups in total. The first-order valence-corrected chi connectivity index (χ1v) is 5.51. The molecule has 1 aromatic heterocycles. The lowest BCUT2D eigenvalue weighted by atomic mass is 9.99. The van der Waals surface area contributed by atoms with Crippen molar-refractivity contribution in [3.05, 3.63) is 22.9 Å². The third-order valence-corrected chi connectivity index (χ3v) is 2.72. The molecule has 3 nitrogen and oxygen atoms in total. The van der Waals surface area contributed by atoms with E-state index in [1.807, 2.05) is 6.20 Å². The molecule has 1 rings (SSSR count). The van der Waals surface area contributed by atoms with Gasteiger partial charge >= 0.3 is 5.69 Å². The van der Waals surface area contributed by atoms with Crippen molar-refractivity contribution in [2.24, 2.45) is 5.92 Å². The van der Waals surface area contributed by atoms with Gasteiger partial charge in [0.2, 0.25) is 0 Å². The predicted molar refractivity (Wildman–Crippen MR) is 58.4 cm³/mol. The van der Waals surface area contributed by atoms with Crippen molar-refractivity contribution in [1.29, 1.82) is 0 Å². The van der Waals surface area contributed by atoms with E-state index in [1.54, 1.807) is 10.8 Å². The molecule has 1 aromatic rings. The Hall–Kier alpha value is -0.990. The van der Waals surface area contributed by atoms with Gasteiger partial charge in [0.05, 0.1) is 0 Å². The van der Waals surface area contributed by atoms with Crippen LogP contribution in [0.15, 0.2) is 17.2 Å². The molecular formula is C11H20N2O. The molecule has 0 bridgehead atoms. The van der Waals surface area contributed by atoms with Gasteiger partial charge in [-0.25, -0.2) is 4.79 Å². The maximum atomic E-state index is 11.3. The first-order valence-electron chi connectivity index (χ1n) is 5.51. The minimum absolute atomic E-state index is 0.0138. The highest BCUT2D eigenvalue weighted by molar-refractivity contribution is 4.77. The molecule has 0 radical (unpaired) electrons. The minimum atomic E-state index is 0.0138. The van der Waals surface area contributed by atoms with Crippen molar-refractivity contribution < 1.29 is 0 Å². The number of nitrogens with zero attached hydrogens (tertiary/aromatic N) is 1. The van der Waals surface area contributed by atoms with E-state index in [2.05, 4.69) is 18.8 Å². The van der Waals surface area contributed by atoms with Gasteiger partial charge in [0.15, 0.2) is 0 Å². The largest absolute Gasteiger partial charge is 0.325 e. The summed E-state index contributed by atoms with van der Waals surface area (Å²) in [7, 11) is 0. The van der Waals surface area contributed by atoms with E-state index in [9.17, 15) is 4.79 Å². The van der Waals surface area contributed by atoms with Gasteiger partial charge in [-0.15, -0.1) is 0 Å². The van der Waals surface area contributed by atoms with Crippen LogP contribution in [0.1, 0.15) is 39.5 Å². The number of hydrogen-bond donors (Lipinski definition) is 1. The van der Waals surface area contributed by atoms with E-state index in [4.69, 9.17) is 0 Å². The summed E-state index contributed by atoms with van der Waals surface area (Å²) in [4.78, 5) is 13.9. The summed E-state index contributed by atoms with van der Waals surface area (Å²) < 4.78 is 1.77. The Morgan fingerprint density at radius 1 is 1.50 bits per heavy atom. The van der Waals surface area contributed by atoms with Crippen molar-refractivity contribution in [1.82, 2.24) is 9.55 Å². The Morgan fingerprint density at radius 3 is 2.79 bits per heavy atom. The highest BCUT2D eigenvalue weighted by Gasteiger charge is 2.07. The average molecular weight is 196 g/mol. The van der Waals surface area contributed by atoms with E-state index in [1.165, 1.54) is 19.3 Å². The fourth-order valence-corrected chi connectivity index (χ4v) is 1.69. The fourth-order valence-electron chi connectivity index (χ4n) is 1.69. The van der Waals surface area contributed by atoms with E-state index >= 15 is 0 Å². The molecule has 0 aliphatic heterocycles. The van der Waals surface area contributed by atoms with Crippen molar-refractivity contribution in [2.45, 2.75) is 46.1 Å². The highest BCUT2D eigenvalue weighted by Crippen LogP contribution is 2.13. The van der Waals surface area contributed by atoms with E-state index in [-0.39, 0.29) is 5.69 Å². The van der Waals surface area contributed by atoms with Crippen molar-refractivity contribution in [3.8, 4) is 0 Å². The number of unbranched alkanes of at least 4 members (excludes halogenated alkanes) is 1. The number of hydrogen-bond acceptors (Lipinski definition) is 1. The lowest BCUT2D eigenvalue weighted by molar-refractivity contribution is 0.386. The molecule has 0 spiro atoms. The van der Waals surface area contributed by atoms with E-state index in [0.717, 1.165) is 13.0 Å². The lowest BCUT2D eigenvalue weighted by Crippen LogP contribution is -2.20. The number of imidazole rings is 1. The number of nitrogens with one attached hydrogen (secondary N) is 1. The monoisotopic (exact) mass is 196 g/mol. The molecule has 14 heavy (non-hydrogen) atoms. The molecule has 1 atom stereocenters. The van der Waals surface area contributed by atoms with Crippen LogP contribution >= 0.6 is 0 Å². The van der Waals surface area contributed by atoms with Crippen LogP contribution in [0.5, 0.6) is 0 Å². The van der Waals surface area contributed by atoms with Crippen molar-refractivity contribution >= 4 is 0 Å². The molecule has 0 aliphatic carbocycles. The topological polar surface area (TPSA) is 37.8 Å². The second-order valence-electron chi connectivity index (χ2n) is 3.83. The zero-order valence-electron chi connectivity index (χ0n) is 9.12. The molecule has 0 aromatic carbocycles. The van der Waals surface area contributed by atoms with Crippen LogP contribution in [0.4, 0.5) is 0 Å². The van der Waals surface area contributed by atoms with Gasteiger partial charge in [-0.1, -0.05) is 33.1 Å². The molecule has 3 heteroatoms. The molecule has 0 fully saturated rings. The van der Waals surface area contributed by atoms with Gasteiger partial charge in [-0.05, 0) is 12.3 Å². The zero-order valence-corrected chi connectivity index (χ0v) is 9.12. The molecule has 1 heterocycles. The van der Waals surface area contributed by atoms with Gasteiger partial charge in [0.25, 0.3) is 0 Å². The van der Waals surface area contributed by atoms with Crippen LogP contribution in [0.25, 0.3) is 0 Å². The van der Waals surface area contributed by atoms with Crippen LogP contribution in [0, 0.1) is 5.92 Å². The molecule has 0 saturated heterocycles. The van der Waals surface area contributed by atoms with Crippen LogP contribution < -0.4 is 5.69 Å². The summed E-state index contributed by atoms with van der Waals surface area (Å²) in [5.74, 6) is 0.642. The second-order valence-corrected chi connectivity index (χ2v) is 3.83. The molecule has 0 aliphatic rings. The summed E-state index contributed by atoms with van der Waals surface area (Å²) in [5.41, 5.74) is 0.0138. The Bertz CT molecular complexity index is 300. The molecule has 0 amide bonds. The maximum Gasteiger partial charge on any atom is 0.325 e. The summed E-state index contributed by atoms with van der Waals surface area (Å²) >= 11 is 0. The third-order valence-electron chi connectivity index (χ3n) is 2.72. The predicted octanol–water partition coefficient (Wildman–Crippen LogP) is 2.39. The normalized spacial score (nSPS) is 13.0. The molecule has 1 unspecified atom stereocenters. The van der Waals surface area contributed by atoms with Crippen molar-refractivity contribution in [2.75, 3.05) is 0 Å². The van der Waals surface area contributed by atoms with Gasteiger partial charge < -0.3 is 4.98 Å². The lowest BCUT2D eigenvalue weighted by Gasteiger charge is -2.13. The summed E-state index contributed by atoms with van der Waals surface area (Å²) in [6.07, 6.45) is 8.41. The Kier molecular flexibility index (Phi) is 4.50. The average Bonchev–Trinajstić information content (AvgIpc) is 2.59. The molecular weight excluding hydrogens is 176 g/mol. The van der Waals surface area contributed by atoms with Gasteiger partial charge in [-0.3, -0.25) is 4.57 Å². The second kappa shape index (κ2) is 5.68. The van der Waals surface area contributed by atoms with Crippen LogP contribution in [0.2, 0.25) is 0 Å². The number of aromatic nitrogens is 2. The molecule has 0 saturated carbocycles. The maximum absolute atomic E-state index is 11.3. The van der Waals surface area contributed by atoms with Gasteiger partial charge in [0.1, 0.15) is 0 Å². The summed E-state index contributed by atoms with van der Waals surface area (Å²) in [6.45, 7) is 5.26. The molecule has 80 valence electrons.